The van der Waals surface area contributed by atoms with Gasteiger partial charge in [-0.15, -0.1) is 0 Å². The lowest BCUT2D eigenvalue weighted by molar-refractivity contribution is 0.0420. The molecule has 3 rings (SSSR count). The van der Waals surface area contributed by atoms with Gasteiger partial charge >= 0.3 is 0 Å². The van der Waals surface area contributed by atoms with Crippen molar-refractivity contribution in [2.24, 2.45) is 4.99 Å². The highest BCUT2D eigenvalue weighted by molar-refractivity contribution is 5.79. The van der Waals surface area contributed by atoms with Gasteiger partial charge in [-0.1, -0.05) is 24.2 Å². The highest BCUT2D eigenvalue weighted by atomic mass is 16.5. The summed E-state index contributed by atoms with van der Waals surface area (Å²) < 4.78 is 16.5. The van der Waals surface area contributed by atoms with E-state index in [4.69, 9.17) is 19.0 Å². The predicted octanol–water partition coefficient (Wildman–Crippen LogP) is 2.94. The highest BCUT2D eigenvalue weighted by Crippen LogP contribution is 2.19. The summed E-state index contributed by atoms with van der Waals surface area (Å²) in [6.07, 6.45) is 4.00. The van der Waals surface area contributed by atoms with Crippen molar-refractivity contribution >= 4 is 5.96 Å². The molecule has 0 amide bonds. The maximum Gasteiger partial charge on any atom is 0.257 e. The van der Waals surface area contributed by atoms with E-state index in [1.165, 1.54) is 0 Å². The minimum absolute atomic E-state index is 0.260. The van der Waals surface area contributed by atoms with Crippen LogP contribution in [-0.2, 0) is 22.4 Å². The van der Waals surface area contributed by atoms with Gasteiger partial charge < -0.3 is 24.6 Å². The van der Waals surface area contributed by atoms with Gasteiger partial charge in [0.1, 0.15) is 0 Å². The van der Waals surface area contributed by atoms with Crippen LogP contribution in [0.25, 0.3) is 11.5 Å². The van der Waals surface area contributed by atoms with E-state index in [1.807, 2.05) is 18.2 Å². The van der Waals surface area contributed by atoms with E-state index in [2.05, 4.69) is 40.7 Å². The van der Waals surface area contributed by atoms with Crippen LogP contribution in [0.5, 0.6) is 0 Å². The molecule has 0 bridgehead atoms. The first-order valence-electron chi connectivity index (χ1n) is 10.9. The molecule has 8 nitrogen and oxygen atoms in total. The largest absolute Gasteiger partial charge is 0.379 e. The Kier molecular flexibility index (Phi) is 9.11. The first kappa shape index (κ1) is 22.2. The second kappa shape index (κ2) is 12.3. The van der Waals surface area contributed by atoms with Gasteiger partial charge in [-0.05, 0) is 43.9 Å². The molecule has 1 fully saturated rings. The molecule has 2 N–H and O–H groups in total. The second-order valence-electron chi connectivity index (χ2n) is 7.30. The molecular weight excluding hydrogens is 382 g/mol. The van der Waals surface area contributed by atoms with Crippen LogP contribution < -0.4 is 10.6 Å². The molecule has 164 valence electrons. The first-order chi connectivity index (χ1) is 14.8. The van der Waals surface area contributed by atoms with Gasteiger partial charge in [-0.25, -0.2) is 4.99 Å². The smallest absolute Gasteiger partial charge is 0.257 e. The van der Waals surface area contributed by atoms with Gasteiger partial charge in [0.15, 0.2) is 11.8 Å². The Hall–Kier alpha value is -2.45. The standard InChI is InChI=1S/C22H33N5O3/c1-3-7-20-26-21(30-27-20)18-9-5-8-17(14-18)15-25-22(23-4-2)24-11-6-12-29-19-10-13-28-16-19/h5,8-9,14,19H,3-4,6-7,10-13,15-16H2,1-2H3,(H2,23,24,25). The fourth-order valence-electron chi connectivity index (χ4n) is 3.18. The quantitative estimate of drug-likeness (QED) is 0.331. The van der Waals surface area contributed by atoms with Crippen LogP contribution >= 0.6 is 0 Å². The molecule has 1 saturated heterocycles. The third-order valence-electron chi connectivity index (χ3n) is 4.73. The minimum atomic E-state index is 0.260. The number of nitrogens with zero attached hydrogens (tertiary/aromatic N) is 3. The lowest BCUT2D eigenvalue weighted by Gasteiger charge is -2.13. The van der Waals surface area contributed by atoms with Crippen LogP contribution in [0.15, 0.2) is 33.8 Å². The molecule has 0 spiro atoms. The van der Waals surface area contributed by atoms with Crippen LogP contribution in [0.2, 0.25) is 0 Å². The van der Waals surface area contributed by atoms with Gasteiger partial charge in [-0.3, -0.25) is 0 Å². The molecule has 1 aromatic heterocycles. The van der Waals surface area contributed by atoms with Gasteiger partial charge in [0.2, 0.25) is 0 Å². The van der Waals surface area contributed by atoms with Crippen molar-refractivity contribution in [3.8, 4) is 11.5 Å². The maximum atomic E-state index is 5.80. The molecule has 1 atom stereocenters. The number of guanidine groups is 1. The summed E-state index contributed by atoms with van der Waals surface area (Å²) in [6.45, 7) is 8.61. The van der Waals surface area contributed by atoms with Crippen LogP contribution in [0, 0.1) is 0 Å². The number of hydrogen-bond acceptors (Lipinski definition) is 6. The zero-order valence-electron chi connectivity index (χ0n) is 18.0. The van der Waals surface area contributed by atoms with Crippen molar-refractivity contribution in [3.05, 3.63) is 35.7 Å². The molecule has 0 aliphatic carbocycles. The Labute approximate surface area is 178 Å². The second-order valence-corrected chi connectivity index (χ2v) is 7.30. The predicted molar refractivity (Wildman–Crippen MR) is 116 cm³/mol. The number of ether oxygens (including phenoxy) is 2. The normalized spacial score (nSPS) is 16.7. The third kappa shape index (κ3) is 7.11. The Bertz CT molecular complexity index is 787. The molecule has 30 heavy (non-hydrogen) atoms. The van der Waals surface area contributed by atoms with Crippen LogP contribution in [0.4, 0.5) is 0 Å². The van der Waals surface area contributed by atoms with Gasteiger partial charge in [0.05, 0.1) is 19.3 Å². The zero-order valence-corrected chi connectivity index (χ0v) is 18.0. The average molecular weight is 416 g/mol. The number of aryl methyl sites for hydroxylation is 1. The summed E-state index contributed by atoms with van der Waals surface area (Å²) in [6, 6.07) is 8.08. The summed E-state index contributed by atoms with van der Waals surface area (Å²) >= 11 is 0. The van der Waals surface area contributed by atoms with Crippen molar-refractivity contribution in [1.29, 1.82) is 0 Å². The van der Waals surface area contributed by atoms with E-state index in [9.17, 15) is 0 Å². The maximum absolute atomic E-state index is 5.80. The fourth-order valence-corrected chi connectivity index (χ4v) is 3.18. The molecule has 0 radical (unpaired) electrons. The van der Waals surface area contributed by atoms with E-state index in [-0.39, 0.29) is 6.10 Å². The first-order valence-corrected chi connectivity index (χ1v) is 10.9. The van der Waals surface area contributed by atoms with E-state index < -0.39 is 0 Å². The van der Waals surface area contributed by atoms with Gasteiger partial charge in [-0.2, -0.15) is 4.98 Å². The summed E-state index contributed by atoms with van der Waals surface area (Å²) in [7, 11) is 0. The molecule has 1 aliphatic rings. The number of hydrogen-bond donors (Lipinski definition) is 2. The molecule has 1 unspecified atom stereocenters. The summed E-state index contributed by atoms with van der Waals surface area (Å²) in [5, 5.41) is 10.7. The number of aromatic nitrogens is 2. The van der Waals surface area contributed by atoms with Crippen LogP contribution in [-0.4, -0.2) is 55.1 Å². The van der Waals surface area contributed by atoms with Crippen LogP contribution in [0.1, 0.15) is 44.5 Å². The topological polar surface area (TPSA) is 93.8 Å². The number of aliphatic imine (C=N–C) groups is 1. The van der Waals surface area contributed by atoms with Crippen molar-refractivity contribution in [1.82, 2.24) is 20.8 Å². The van der Waals surface area contributed by atoms with E-state index in [0.29, 0.717) is 12.4 Å². The van der Waals surface area contributed by atoms with E-state index in [0.717, 1.165) is 81.5 Å². The summed E-state index contributed by atoms with van der Waals surface area (Å²) in [5.41, 5.74) is 2.01. The monoisotopic (exact) mass is 415 g/mol. The lowest BCUT2D eigenvalue weighted by Crippen LogP contribution is -2.38. The molecule has 0 saturated carbocycles. The zero-order chi connectivity index (χ0) is 21.0. The highest BCUT2D eigenvalue weighted by Gasteiger charge is 2.15. The molecule has 1 aliphatic heterocycles. The number of rotatable bonds is 11. The van der Waals surface area contributed by atoms with E-state index >= 15 is 0 Å². The Morgan fingerprint density at radius 1 is 1.30 bits per heavy atom. The Morgan fingerprint density at radius 3 is 3.03 bits per heavy atom. The molecule has 2 aromatic rings. The Balaban J connectivity index is 1.49. The van der Waals surface area contributed by atoms with Crippen LogP contribution in [0.3, 0.4) is 0 Å². The molecular formula is C22H33N5O3. The van der Waals surface area contributed by atoms with Gasteiger partial charge in [0, 0.05) is 38.3 Å². The SMILES string of the molecule is CCCc1noc(-c2cccc(CN=C(NCC)NCCCOC3CCOC3)c2)n1. The lowest BCUT2D eigenvalue weighted by atomic mass is 10.1. The van der Waals surface area contributed by atoms with Crippen molar-refractivity contribution in [2.45, 2.75) is 52.2 Å². The van der Waals surface area contributed by atoms with Crippen molar-refractivity contribution < 1.29 is 14.0 Å². The number of nitrogens with one attached hydrogen (secondary N) is 2. The molecule has 1 aromatic carbocycles. The molecule has 2 heterocycles. The average Bonchev–Trinajstić information content (AvgIpc) is 3.44. The van der Waals surface area contributed by atoms with Gasteiger partial charge in [0.25, 0.3) is 5.89 Å². The molecule has 8 heteroatoms. The van der Waals surface area contributed by atoms with Crippen molar-refractivity contribution in [2.75, 3.05) is 32.9 Å². The minimum Gasteiger partial charge on any atom is -0.379 e. The Morgan fingerprint density at radius 2 is 2.23 bits per heavy atom. The summed E-state index contributed by atoms with van der Waals surface area (Å²) in [4.78, 5) is 9.16. The van der Waals surface area contributed by atoms with Crippen molar-refractivity contribution in [3.63, 3.8) is 0 Å². The third-order valence-corrected chi connectivity index (χ3v) is 4.73. The summed E-state index contributed by atoms with van der Waals surface area (Å²) in [5.74, 6) is 2.11. The fraction of sp³-hybridized carbons (Fsp3) is 0.591. The number of benzene rings is 1. The van der Waals surface area contributed by atoms with E-state index in [1.54, 1.807) is 0 Å².